The van der Waals surface area contributed by atoms with E-state index in [1.54, 1.807) is 4.90 Å². The van der Waals surface area contributed by atoms with E-state index in [1.165, 1.54) is 23.9 Å². The largest absolute Gasteiger partial charge is 0.416 e. The van der Waals surface area contributed by atoms with Crippen molar-refractivity contribution >= 4 is 40.1 Å². The van der Waals surface area contributed by atoms with Crippen molar-refractivity contribution in [3.05, 3.63) is 60.2 Å². The van der Waals surface area contributed by atoms with Crippen LogP contribution in [-0.2, 0) is 15.8 Å². The topological polar surface area (TPSA) is 61.8 Å². The average molecular weight is 435 g/mol. The molecule has 1 saturated heterocycles. The molecule has 0 aliphatic carbocycles. The molecule has 1 heterocycles. The summed E-state index contributed by atoms with van der Waals surface area (Å²) in [5, 5.41) is 2.29. The highest BCUT2D eigenvalue weighted by Crippen LogP contribution is 2.33. The molecule has 9 heteroatoms. The highest BCUT2D eigenvalue weighted by Gasteiger charge is 2.38. The van der Waals surface area contributed by atoms with Gasteiger partial charge in [-0.1, -0.05) is 43.0 Å². The Morgan fingerprint density at radius 3 is 2.57 bits per heavy atom. The molecule has 2 amide bonds. The molecule has 1 N–H and O–H groups in total. The molecule has 158 valence electrons. The number of thioether (sulfide) groups is 1. The van der Waals surface area contributed by atoms with Gasteiger partial charge in [-0.2, -0.15) is 13.2 Å². The summed E-state index contributed by atoms with van der Waals surface area (Å²) >= 11 is 1.19. The Bertz CT molecular complexity index is 948. The predicted molar refractivity (Wildman–Crippen MR) is 112 cm³/mol. The zero-order valence-electron chi connectivity index (χ0n) is 16.1. The first kappa shape index (κ1) is 21.9. The smallest absolute Gasteiger partial charge is 0.326 e. The molecule has 1 fully saturated rings. The molecule has 1 aliphatic heterocycles. The third-order valence-electron chi connectivity index (χ3n) is 4.29. The van der Waals surface area contributed by atoms with Crippen molar-refractivity contribution in [3.8, 4) is 0 Å². The van der Waals surface area contributed by atoms with Gasteiger partial charge in [-0.05, 0) is 36.8 Å². The maximum atomic E-state index is 12.8. The van der Waals surface area contributed by atoms with Gasteiger partial charge in [-0.3, -0.25) is 14.5 Å². The molecular formula is C21H20F3N3O2S. The summed E-state index contributed by atoms with van der Waals surface area (Å²) in [5.74, 6) is -0.756. The van der Waals surface area contributed by atoms with Gasteiger partial charge >= 0.3 is 6.18 Å². The molecular weight excluding hydrogens is 415 g/mol. The number of rotatable bonds is 6. The fourth-order valence-corrected chi connectivity index (χ4v) is 4.10. The number of carbonyl (C=O) groups excluding carboxylic acids is 2. The van der Waals surface area contributed by atoms with Crippen LogP contribution in [0, 0.1) is 0 Å². The van der Waals surface area contributed by atoms with E-state index in [-0.39, 0.29) is 18.0 Å². The Kier molecular flexibility index (Phi) is 6.81. The summed E-state index contributed by atoms with van der Waals surface area (Å²) < 4.78 is 38.5. The Balaban J connectivity index is 1.71. The first-order valence-corrected chi connectivity index (χ1v) is 10.2. The van der Waals surface area contributed by atoms with E-state index >= 15 is 0 Å². The Hall–Kier alpha value is -2.81. The second-order valence-electron chi connectivity index (χ2n) is 6.66. The fraction of sp³-hybridized carbons (Fsp3) is 0.286. The number of nitrogens with zero attached hydrogens (tertiary/aromatic N) is 2. The molecule has 2 aromatic carbocycles. The number of alkyl halides is 3. The molecule has 0 unspecified atom stereocenters. The fourth-order valence-electron chi connectivity index (χ4n) is 2.92. The van der Waals surface area contributed by atoms with Crippen LogP contribution >= 0.6 is 11.8 Å². The van der Waals surface area contributed by atoms with Crippen molar-refractivity contribution in [2.45, 2.75) is 31.2 Å². The number of hydrogen-bond donors (Lipinski definition) is 1. The van der Waals surface area contributed by atoms with Crippen LogP contribution < -0.4 is 5.32 Å². The quantitative estimate of drug-likeness (QED) is 0.689. The number of amides is 2. The van der Waals surface area contributed by atoms with E-state index in [2.05, 4.69) is 10.3 Å². The molecule has 0 aromatic heterocycles. The van der Waals surface area contributed by atoms with E-state index in [4.69, 9.17) is 0 Å². The van der Waals surface area contributed by atoms with Crippen molar-refractivity contribution in [3.63, 3.8) is 0 Å². The summed E-state index contributed by atoms with van der Waals surface area (Å²) in [7, 11) is 0. The SMILES string of the molecule is CCCN1C(=O)[C@H](CC(=O)Nc2cccc(C(F)(F)F)c2)SC1=Nc1ccccc1. The molecule has 2 aromatic rings. The minimum Gasteiger partial charge on any atom is -0.326 e. The minimum absolute atomic E-state index is 0.0360. The molecule has 1 atom stereocenters. The first-order valence-electron chi connectivity index (χ1n) is 9.37. The highest BCUT2D eigenvalue weighted by molar-refractivity contribution is 8.15. The van der Waals surface area contributed by atoms with Crippen LogP contribution in [0.4, 0.5) is 24.5 Å². The van der Waals surface area contributed by atoms with Gasteiger partial charge in [0.15, 0.2) is 5.17 Å². The number of halogens is 3. The molecule has 0 radical (unpaired) electrons. The second-order valence-corrected chi connectivity index (χ2v) is 7.83. The molecule has 0 spiro atoms. The average Bonchev–Trinajstić information content (AvgIpc) is 2.97. The highest BCUT2D eigenvalue weighted by atomic mass is 32.2. The maximum Gasteiger partial charge on any atom is 0.416 e. The number of nitrogens with one attached hydrogen (secondary N) is 1. The summed E-state index contributed by atoms with van der Waals surface area (Å²) in [5.41, 5.74) is -0.116. The molecule has 0 saturated carbocycles. The van der Waals surface area contributed by atoms with Crippen LogP contribution in [0.2, 0.25) is 0 Å². The van der Waals surface area contributed by atoms with E-state index < -0.39 is 22.9 Å². The number of carbonyl (C=O) groups is 2. The second kappa shape index (κ2) is 9.34. The number of amidine groups is 1. The monoisotopic (exact) mass is 435 g/mol. The first-order chi connectivity index (χ1) is 14.3. The zero-order valence-corrected chi connectivity index (χ0v) is 17.0. The predicted octanol–water partition coefficient (Wildman–Crippen LogP) is 5.08. The van der Waals surface area contributed by atoms with Crippen LogP contribution in [0.15, 0.2) is 59.6 Å². The Labute approximate surface area is 176 Å². The molecule has 5 nitrogen and oxygen atoms in total. The van der Waals surface area contributed by atoms with Crippen molar-refractivity contribution in [2.75, 3.05) is 11.9 Å². The summed E-state index contributed by atoms with van der Waals surface area (Å²) in [6, 6.07) is 13.6. The van der Waals surface area contributed by atoms with Gasteiger partial charge in [-0.15, -0.1) is 0 Å². The summed E-state index contributed by atoms with van der Waals surface area (Å²) in [6.45, 7) is 2.41. The third kappa shape index (κ3) is 5.41. The number of benzene rings is 2. The molecule has 30 heavy (non-hydrogen) atoms. The summed E-state index contributed by atoms with van der Waals surface area (Å²) in [4.78, 5) is 31.2. The maximum absolute atomic E-state index is 12.8. The number of para-hydroxylation sites is 1. The standard InChI is InChI=1S/C21H20F3N3O2S/c1-2-11-27-19(29)17(30-20(27)26-15-8-4-3-5-9-15)13-18(28)25-16-10-6-7-14(12-16)21(22,23)24/h3-10,12,17H,2,11,13H2,1H3,(H,25,28)/t17-/m0/s1. The van der Waals surface area contributed by atoms with Gasteiger partial charge in [0.2, 0.25) is 11.8 Å². The third-order valence-corrected chi connectivity index (χ3v) is 5.47. The van der Waals surface area contributed by atoms with Crippen molar-refractivity contribution < 1.29 is 22.8 Å². The van der Waals surface area contributed by atoms with Crippen LogP contribution in [0.5, 0.6) is 0 Å². The zero-order chi connectivity index (χ0) is 21.7. The van der Waals surface area contributed by atoms with Gasteiger partial charge in [0.1, 0.15) is 5.25 Å². The van der Waals surface area contributed by atoms with Gasteiger partial charge < -0.3 is 5.32 Å². The molecule has 1 aliphatic rings. The number of anilines is 1. The van der Waals surface area contributed by atoms with Gasteiger partial charge in [0, 0.05) is 18.7 Å². The molecule has 3 rings (SSSR count). The van der Waals surface area contributed by atoms with Gasteiger partial charge in [-0.25, -0.2) is 4.99 Å². The van der Waals surface area contributed by atoms with Crippen LogP contribution in [0.3, 0.4) is 0 Å². The Morgan fingerprint density at radius 2 is 1.90 bits per heavy atom. The van der Waals surface area contributed by atoms with Gasteiger partial charge in [0.25, 0.3) is 0 Å². The van der Waals surface area contributed by atoms with E-state index in [1.807, 2.05) is 37.3 Å². The van der Waals surface area contributed by atoms with Crippen LogP contribution in [-0.4, -0.2) is 33.7 Å². The lowest BCUT2D eigenvalue weighted by Crippen LogP contribution is -2.34. The minimum atomic E-state index is -4.50. The number of aliphatic imine (C=N–C) groups is 1. The van der Waals surface area contributed by atoms with Gasteiger partial charge in [0.05, 0.1) is 11.3 Å². The van der Waals surface area contributed by atoms with Crippen molar-refractivity contribution in [1.29, 1.82) is 0 Å². The van der Waals surface area contributed by atoms with Crippen LogP contribution in [0.1, 0.15) is 25.3 Å². The lowest BCUT2D eigenvalue weighted by atomic mass is 10.2. The Morgan fingerprint density at radius 1 is 1.17 bits per heavy atom. The van der Waals surface area contributed by atoms with Crippen LogP contribution in [0.25, 0.3) is 0 Å². The number of hydrogen-bond acceptors (Lipinski definition) is 4. The van der Waals surface area contributed by atoms with E-state index in [0.717, 1.165) is 18.6 Å². The lowest BCUT2D eigenvalue weighted by Gasteiger charge is -2.15. The summed E-state index contributed by atoms with van der Waals surface area (Å²) in [6.07, 6.45) is -3.93. The lowest BCUT2D eigenvalue weighted by molar-refractivity contribution is -0.137. The van der Waals surface area contributed by atoms with Crippen molar-refractivity contribution in [2.24, 2.45) is 4.99 Å². The van der Waals surface area contributed by atoms with E-state index in [0.29, 0.717) is 17.4 Å². The normalized spacial score (nSPS) is 18.1. The van der Waals surface area contributed by atoms with Crippen molar-refractivity contribution in [1.82, 2.24) is 4.90 Å². The molecule has 0 bridgehead atoms. The van der Waals surface area contributed by atoms with E-state index in [9.17, 15) is 22.8 Å².